The maximum atomic E-state index is 12.6. The topological polar surface area (TPSA) is 49.4 Å². The first kappa shape index (κ1) is 12.1. The van der Waals surface area contributed by atoms with Gasteiger partial charge in [-0.15, -0.1) is 0 Å². The summed E-state index contributed by atoms with van der Waals surface area (Å²) in [5.41, 5.74) is 1.08. The molecule has 0 unspecified atom stereocenters. The molecule has 2 atom stereocenters. The number of sulfonamides is 1. The highest BCUT2D eigenvalue weighted by atomic mass is 32.2. The highest BCUT2D eigenvalue weighted by molar-refractivity contribution is 7.89. The van der Waals surface area contributed by atoms with Crippen LogP contribution in [0.15, 0.2) is 29.2 Å². The van der Waals surface area contributed by atoms with Crippen molar-refractivity contribution in [1.82, 2.24) is 9.62 Å². The van der Waals surface area contributed by atoms with Gasteiger partial charge < -0.3 is 5.32 Å². The SMILES string of the molecule is Cc1ccc(S(=O)(=O)N2CC[C@H]3CNC[C@H]32)cc1. The molecule has 0 amide bonds. The number of fused-ring (bicyclic) bond motifs is 1. The van der Waals surface area contributed by atoms with Crippen LogP contribution in [0.4, 0.5) is 0 Å². The van der Waals surface area contributed by atoms with Crippen LogP contribution >= 0.6 is 0 Å². The fourth-order valence-corrected chi connectivity index (χ4v) is 4.65. The molecule has 3 rings (SSSR count). The van der Waals surface area contributed by atoms with Gasteiger partial charge >= 0.3 is 0 Å². The Hall–Kier alpha value is -0.910. The summed E-state index contributed by atoms with van der Waals surface area (Å²) in [6.07, 6.45) is 0.975. The molecule has 1 N–H and O–H groups in total. The van der Waals surface area contributed by atoms with Gasteiger partial charge in [-0.1, -0.05) is 17.7 Å². The summed E-state index contributed by atoms with van der Waals surface area (Å²) in [5.74, 6) is 0.491. The Morgan fingerprint density at radius 1 is 1.22 bits per heavy atom. The fraction of sp³-hybridized carbons (Fsp3) is 0.538. The van der Waals surface area contributed by atoms with Gasteiger partial charge in [-0.05, 0) is 37.9 Å². The van der Waals surface area contributed by atoms with E-state index < -0.39 is 10.0 Å². The lowest BCUT2D eigenvalue weighted by Gasteiger charge is -2.22. The van der Waals surface area contributed by atoms with E-state index in [4.69, 9.17) is 0 Å². The molecule has 1 aromatic carbocycles. The normalized spacial score (nSPS) is 28.5. The van der Waals surface area contributed by atoms with Crippen LogP contribution < -0.4 is 5.32 Å². The van der Waals surface area contributed by atoms with Crippen LogP contribution in [0.3, 0.4) is 0 Å². The molecule has 2 heterocycles. The molecular formula is C13H18N2O2S. The molecule has 18 heavy (non-hydrogen) atoms. The van der Waals surface area contributed by atoms with Crippen molar-refractivity contribution in [2.45, 2.75) is 24.3 Å². The van der Waals surface area contributed by atoms with Crippen molar-refractivity contribution in [2.24, 2.45) is 5.92 Å². The fourth-order valence-electron chi connectivity index (χ4n) is 2.95. The Kier molecular flexibility index (Phi) is 2.92. The Morgan fingerprint density at radius 2 is 1.94 bits per heavy atom. The van der Waals surface area contributed by atoms with Crippen LogP contribution in [0.1, 0.15) is 12.0 Å². The summed E-state index contributed by atoms with van der Waals surface area (Å²) in [6, 6.07) is 7.28. The molecule has 0 aromatic heterocycles. The molecule has 5 heteroatoms. The molecule has 2 aliphatic rings. The van der Waals surface area contributed by atoms with Crippen LogP contribution in [-0.2, 0) is 10.0 Å². The van der Waals surface area contributed by atoms with Crippen molar-refractivity contribution in [3.05, 3.63) is 29.8 Å². The molecule has 98 valence electrons. The predicted octanol–water partition coefficient (Wildman–Crippen LogP) is 0.977. The number of aryl methyl sites for hydroxylation is 1. The largest absolute Gasteiger partial charge is 0.315 e. The molecule has 0 radical (unpaired) electrons. The van der Waals surface area contributed by atoms with Gasteiger partial charge in [-0.3, -0.25) is 0 Å². The second kappa shape index (κ2) is 4.33. The van der Waals surface area contributed by atoms with E-state index in [0.29, 0.717) is 17.4 Å². The number of hydrogen-bond donors (Lipinski definition) is 1. The Balaban J connectivity index is 1.93. The number of rotatable bonds is 2. The minimum atomic E-state index is -3.32. The lowest BCUT2D eigenvalue weighted by molar-refractivity contribution is 0.383. The van der Waals surface area contributed by atoms with Gasteiger partial charge in [-0.2, -0.15) is 4.31 Å². The van der Waals surface area contributed by atoms with Gasteiger partial charge in [0.05, 0.1) is 4.90 Å². The van der Waals surface area contributed by atoms with Gasteiger partial charge in [0.1, 0.15) is 0 Å². The predicted molar refractivity (Wildman–Crippen MR) is 69.8 cm³/mol. The van der Waals surface area contributed by atoms with E-state index in [9.17, 15) is 8.42 Å². The first-order valence-corrected chi connectivity index (χ1v) is 7.82. The van der Waals surface area contributed by atoms with Gasteiger partial charge in [0, 0.05) is 19.1 Å². The summed E-state index contributed by atoms with van der Waals surface area (Å²) >= 11 is 0. The van der Waals surface area contributed by atoms with E-state index in [0.717, 1.165) is 25.1 Å². The van der Waals surface area contributed by atoms with Crippen molar-refractivity contribution >= 4 is 10.0 Å². The van der Waals surface area contributed by atoms with E-state index in [1.807, 2.05) is 19.1 Å². The van der Waals surface area contributed by atoms with E-state index >= 15 is 0 Å². The van der Waals surface area contributed by atoms with Crippen molar-refractivity contribution in [2.75, 3.05) is 19.6 Å². The van der Waals surface area contributed by atoms with Crippen LogP contribution in [0.5, 0.6) is 0 Å². The van der Waals surface area contributed by atoms with Crippen molar-refractivity contribution in [1.29, 1.82) is 0 Å². The minimum absolute atomic E-state index is 0.149. The zero-order valence-corrected chi connectivity index (χ0v) is 11.3. The maximum Gasteiger partial charge on any atom is 0.243 e. The number of nitrogens with zero attached hydrogens (tertiary/aromatic N) is 1. The van der Waals surface area contributed by atoms with Gasteiger partial charge in [0.15, 0.2) is 0 Å². The monoisotopic (exact) mass is 266 g/mol. The van der Waals surface area contributed by atoms with Gasteiger partial charge in [0.25, 0.3) is 0 Å². The third-order valence-electron chi connectivity index (χ3n) is 4.02. The molecule has 2 fully saturated rings. The third-order valence-corrected chi connectivity index (χ3v) is 5.96. The quantitative estimate of drug-likeness (QED) is 0.868. The zero-order chi connectivity index (χ0) is 12.8. The average molecular weight is 266 g/mol. The lowest BCUT2D eigenvalue weighted by atomic mass is 10.1. The lowest BCUT2D eigenvalue weighted by Crippen LogP contribution is -2.38. The molecule has 4 nitrogen and oxygen atoms in total. The van der Waals surface area contributed by atoms with Crippen LogP contribution in [0.2, 0.25) is 0 Å². The minimum Gasteiger partial charge on any atom is -0.315 e. The Labute approximate surface area is 108 Å². The van der Waals surface area contributed by atoms with Crippen LogP contribution in [0.25, 0.3) is 0 Å². The van der Waals surface area contributed by atoms with Crippen molar-refractivity contribution in [3.63, 3.8) is 0 Å². The first-order chi connectivity index (χ1) is 8.59. The summed E-state index contributed by atoms with van der Waals surface area (Å²) in [5, 5.41) is 3.28. The Bertz CT molecular complexity index is 539. The van der Waals surface area contributed by atoms with E-state index in [1.54, 1.807) is 16.4 Å². The van der Waals surface area contributed by atoms with Crippen LogP contribution in [0, 0.1) is 12.8 Å². The van der Waals surface area contributed by atoms with E-state index in [1.165, 1.54) is 0 Å². The third kappa shape index (κ3) is 1.86. The van der Waals surface area contributed by atoms with Crippen molar-refractivity contribution in [3.8, 4) is 0 Å². The first-order valence-electron chi connectivity index (χ1n) is 6.38. The summed E-state index contributed by atoms with van der Waals surface area (Å²) < 4.78 is 26.9. The molecule has 2 aliphatic heterocycles. The highest BCUT2D eigenvalue weighted by Crippen LogP contribution is 2.32. The summed E-state index contributed by atoms with van der Waals surface area (Å²) in [7, 11) is -3.32. The Morgan fingerprint density at radius 3 is 2.67 bits per heavy atom. The second-order valence-electron chi connectivity index (χ2n) is 5.20. The molecule has 0 aliphatic carbocycles. The zero-order valence-electron chi connectivity index (χ0n) is 10.5. The highest BCUT2D eigenvalue weighted by Gasteiger charge is 2.43. The van der Waals surface area contributed by atoms with Gasteiger partial charge in [-0.25, -0.2) is 8.42 Å². The number of hydrogen-bond acceptors (Lipinski definition) is 3. The molecule has 2 saturated heterocycles. The molecule has 1 aromatic rings. The summed E-state index contributed by atoms with van der Waals surface area (Å²) in [4.78, 5) is 0.417. The smallest absolute Gasteiger partial charge is 0.243 e. The van der Waals surface area contributed by atoms with E-state index in [2.05, 4.69) is 5.32 Å². The standard InChI is InChI=1S/C13H18N2O2S/c1-10-2-4-12(5-3-10)18(16,17)15-7-6-11-8-14-9-13(11)15/h2-5,11,13-14H,6-9H2,1H3/t11-,13+/m0/s1. The van der Waals surface area contributed by atoms with E-state index in [-0.39, 0.29) is 6.04 Å². The second-order valence-corrected chi connectivity index (χ2v) is 7.09. The van der Waals surface area contributed by atoms with Crippen LogP contribution in [-0.4, -0.2) is 38.4 Å². The van der Waals surface area contributed by atoms with Crippen molar-refractivity contribution < 1.29 is 8.42 Å². The molecule has 0 spiro atoms. The number of nitrogens with one attached hydrogen (secondary N) is 1. The molecule has 0 bridgehead atoms. The average Bonchev–Trinajstić information content (AvgIpc) is 2.90. The molecule has 0 saturated carbocycles. The maximum absolute atomic E-state index is 12.6. The van der Waals surface area contributed by atoms with Gasteiger partial charge in [0.2, 0.25) is 10.0 Å². The molecular weight excluding hydrogens is 248 g/mol. The number of benzene rings is 1. The summed E-state index contributed by atoms with van der Waals surface area (Å²) in [6.45, 7) is 4.36.